The number of unbranched alkanes of at least 4 members (excludes halogenated alkanes) is 6. The molecule has 3 aromatic heterocycles. The molecule has 0 radical (unpaired) electrons. The summed E-state index contributed by atoms with van der Waals surface area (Å²) >= 11 is 0. The smallest absolute Gasteiger partial charge is 0.338 e. The van der Waals surface area contributed by atoms with Gasteiger partial charge < -0.3 is 96.8 Å². The second-order valence-electron chi connectivity index (χ2n) is 38.7. The van der Waals surface area contributed by atoms with Crippen LogP contribution < -0.4 is 47.9 Å². The van der Waals surface area contributed by atoms with Gasteiger partial charge in [-0.15, -0.1) is 0 Å². The third-order valence-corrected chi connectivity index (χ3v) is 45.2. The molecule has 3 heterocycles. The van der Waals surface area contributed by atoms with Crippen molar-refractivity contribution in [2.24, 2.45) is 0 Å². The third-order valence-electron chi connectivity index (χ3n) is 20.7. The summed E-state index contributed by atoms with van der Waals surface area (Å²) in [5.74, 6) is 0.302. The Morgan fingerprint density at radius 2 is 0.433 bits per heavy atom. The number of nitrogens with zero attached hydrogens (tertiary/aromatic N) is 9. The molecular formula is C99H150N18O17Si7. The Morgan fingerprint density at radius 1 is 0.248 bits per heavy atom. The van der Waals surface area contributed by atoms with Gasteiger partial charge in [0.25, 0.3) is 0 Å². The molecule has 0 aliphatic heterocycles. The average Bonchev–Trinajstić information content (AvgIpc) is 0.809. The standard InChI is InChI=1S/C64H94N12O11Si4.C35H56N6O6Si3/c1-13-17-41-81-55(77)47-23-31-51(32-24-47)67-61-71-59(72-62(75-61)68-52-33-25-48(26-34-52)56(78)82-42-18-14-2)65-39-21-45-90(11,85-88(5,6)7)87-91(12,86-89(8,9)10)46-22-40-66-60-73-63(69-53-35-27-49(28-36-53)57(79)83-43-19-15-3)76-64(74-60)70-54-37-29-50(30-38-54)58(80)84-44-20-16-4;1-11-13-23-44-31(42)27-15-19-29(20-16-27)37-34-39-33(36-25-26(3)50(10,46-48(4,5)6)47-49(7,8)9)40-35(41-34)38-30-21-17-28(18-22-30)32(43)45-24-14-12-2/h23-38H,13-22,39-46H2,1-12H3,(H3,65,67,68,71,72,75)(H3,66,69,70,73,74,76);15-22,26H,11-14,23-25H2,1-10H3,(H3,36,37,38,39,40,41). The lowest BCUT2D eigenvalue weighted by atomic mass is 10.2. The number of ether oxygens (including phenoxy) is 6. The van der Waals surface area contributed by atoms with E-state index in [-0.39, 0.29) is 65.2 Å². The van der Waals surface area contributed by atoms with Gasteiger partial charge in [0.15, 0.2) is 33.3 Å². The average molecular weight is 2060 g/mol. The number of carbonyl (C=O) groups excluding carboxylic acids is 6. The lowest BCUT2D eigenvalue weighted by molar-refractivity contribution is 0.0490. The van der Waals surface area contributed by atoms with Gasteiger partial charge in [0, 0.05) is 59.3 Å². The number of aromatic nitrogens is 9. The van der Waals surface area contributed by atoms with Gasteiger partial charge in [0.2, 0.25) is 53.5 Å². The first-order valence-corrected chi connectivity index (χ1v) is 70.3. The number of hydrogen-bond acceptors (Lipinski definition) is 35. The van der Waals surface area contributed by atoms with Gasteiger partial charge in [0.1, 0.15) is 0 Å². The van der Waals surface area contributed by atoms with E-state index in [1.165, 1.54) is 0 Å². The molecule has 35 nitrogen and oxygen atoms in total. The van der Waals surface area contributed by atoms with Crippen LogP contribution in [-0.4, -0.2) is 199 Å². The van der Waals surface area contributed by atoms with E-state index in [0.717, 1.165) is 77.0 Å². The maximum atomic E-state index is 12.7. The highest BCUT2D eigenvalue weighted by Crippen LogP contribution is 2.35. The van der Waals surface area contributed by atoms with E-state index in [2.05, 4.69) is 178 Å². The van der Waals surface area contributed by atoms with Crippen LogP contribution in [0.25, 0.3) is 0 Å². The zero-order valence-corrected chi connectivity index (χ0v) is 93.6. The van der Waals surface area contributed by atoms with Crippen LogP contribution in [0.1, 0.15) is 201 Å². The molecule has 3 unspecified atom stereocenters. The van der Waals surface area contributed by atoms with Crippen LogP contribution in [0, 0.1) is 0 Å². The Bertz CT molecular complexity index is 4920. The Balaban J connectivity index is 0.000000410. The number of hydrogen-bond donors (Lipinski definition) is 9. The van der Waals surface area contributed by atoms with E-state index in [9.17, 15) is 28.8 Å². The van der Waals surface area contributed by atoms with E-state index in [1.807, 2.05) is 41.5 Å². The van der Waals surface area contributed by atoms with E-state index in [1.54, 1.807) is 146 Å². The summed E-state index contributed by atoms with van der Waals surface area (Å²) in [7, 11) is -16.7. The number of carbonyl (C=O) groups is 6. The van der Waals surface area contributed by atoms with Crippen molar-refractivity contribution in [1.29, 1.82) is 0 Å². The van der Waals surface area contributed by atoms with Crippen LogP contribution >= 0.6 is 0 Å². The monoisotopic (exact) mass is 2060 g/mol. The van der Waals surface area contributed by atoms with Crippen molar-refractivity contribution >= 4 is 182 Å². The van der Waals surface area contributed by atoms with Crippen molar-refractivity contribution < 1.29 is 77.8 Å². The van der Waals surface area contributed by atoms with E-state index < -0.39 is 59.0 Å². The van der Waals surface area contributed by atoms with Gasteiger partial charge >= 0.3 is 61.5 Å². The molecule has 0 saturated carbocycles. The van der Waals surface area contributed by atoms with Gasteiger partial charge in [-0.25, -0.2) is 28.8 Å². The maximum absolute atomic E-state index is 12.7. The largest absolute Gasteiger partial charge is 0.462 e. The van der Waals surface area contributed by atoms with Crippen LogP contribution in [-0.2, 0) is 49.0 Å². The minimum atomic E-state index is -2.96. The van der Waals surface area contributed by atoms with Crippen molar-refractivity contribution in [1.82, 2.24) is 44.9 Å². The number of esters is 6. The minimum absolute atomic E-state index is 0.0831. The molecule has 3 atom stereocenters. The molecule has 9 rings (SSSR count). The predicted octanol–water partition coefficient (Wildman–Crippen LogP) is 23.9. The predicted molar refractivity (Wildman–Crippen MR) is 576 cm³/mol. The zero-order chi connectivity index (χ0) is 103. The fourth-order valence-corrected chi connectivity index (χ4v) is 44.8. The van der Waals surface area contributed by atoms with E-state index in [0.29, 0.717) is 181 Å². The van der Waals surface area contributed by atoms with Crippen LogP contribution in [0.2, 0.25) is 116 Å². The quantitative estimate of drug-likeness (QED) is 0.00740. The van der Waals surface area contributed by atoms with Crippen LogP contribution in [0.15, 0.2) is 146 Å². The van der Waals surface area contributed by atoms with Gasteiger partial charge in [-0.05, 0) is 307 Å². The number of rotatable bonds is 60. The molecule has 0 fully saturated rings. The molecule has 42 heteroatoms. The Hall–Kier alpha value is -11.3. The molecule has 0 saturated heterocycles. The Kier molecular flexibility index (Phi) is 46.1. The zero-order valence-electron chi connectivity index (χ0n) is 86.6. The fraction of sp³-hybridized carbons (Fsp3) is 0.485. The highest BCUT2D eigenvalue weighted by Gasteiger charge is 2.48. The number of anilines is 15. The summed E-state index contributed by atoms with van der Waals surface area (Å²) in [6.45, 7) is 50.8. The molecule has 0 amide bonds. The summed E-state index contributed by atoms with van der Waals surface area (Å²) in [6.07, 6.45) is 11.7. The molecule has 0 aliphatic carbocycles. The van der Waals surface area contributed by atoms with E-state index >= 15 is 0 Å². The minimum Gasteiger partial charge on any atom is -0.462 e. The molecule has 0 spiro atoms. The van der Waals surface area contributed by atoms with Gasteiger partial charge in [-0.2, -0.15) is 44.9 Å². The first kappa shape index (κ1) is 115. The molecule has 0 aliphatic rings. The summed E-state index contributed by atoms with van der Waals surface area (Å²) in [4.78, 5) is 118. The molecule has 766 valence electrons. The van der Waals surface area contributed by atoms with E-state index in [4.69, 9.17) is 68.9 Å². The summed E-state index contributed by atoms with van der Waals surface area (Å²) in [6, 6.07) is 42.9. The Labute approximate surface area is 840 Å². The normalized spacial score (nSPS) is 12.7. The first-order valence-electron chi connectivity index (χ1n) is 49.2. The summed E-state index contributed by atoms with van der Waals surface area (Å²) in [5, 5.41) is 29.8. The molecule has 9 aromatic rings. The van der Waals surface area contributed by atoms with Gasteiger partial charge in [-0.1, -0.05) is 87.0 Å². The first-order chi connectivity index (χ1) is 66.9. The van der Waals surface area contributed by atoms with Crippen LogP contribution in [0.5, 0.6) is 0 Å². The summed E-state index contributed by atoms with van der Waals surface area (Å²) in [5.41, 5.74) is 6.68. The van der Waals surface area contributed by atoms with Crippen molar-refractivity contribution in [3.05, 3.63) is 179 Å². The lowest BCUT2D eigenvalue weighted by Crippen LogP contribution is -2.58. The SMILES string of the molecule is CCCCOC(=O)c1ccc(Nc2nc(NCC(C)[Si](C)(O[Si](C)(C)C)O[Si](C)(C)C)nc(Nc3ccc(C(=O)OCCCC)cc3)n2)cc1.CCCCOC(=O)c1ccc(Nc2nc(NCCC[Si](C)(O[Si](C)(C)C)O[Si](C)(CCCNc3nc(Nc4ccc(C(=O)OCCCC)cc4)nc(Nc4ccc(C(=O)OCCCC)cc4)n3)O[Si](C)(C)C)nc(Nc3ccc(C(=O)OCCCC)cc3)n2)cc1. The van der Waals surface area contributed by atoms with Gasteiger partial charge in [-0.3, -0.25) is 0 Å². The van der Waals surface area contributed by atoms with Gasteiger partial charge in [0.05, 0.1) is 73.0 Å². The second-order valence-corrected chi connectivity index (χ2v) is 68.2. The summed E-state index contributed by atoms with van der Waals surface area (Å²) < 4.78 is 67.5. The van der Waals surface area contributed by atoms with Crippen molar-refractivity contribution in [2.75, 3.05) is 107 Å². The number of nitrogens with one attached hydrogen (secondary N) is 9. The van der Waals surface area contributed by atoms with Crippen molar-refractivity contribution in [3.63, 3.8) is 0 Å². The molecule has 141 heavy (non-hydrogen) atoms. The van der Waals surface area contributed by atoms with Crippen LogP contribution in [0.3, 0.4) is 0 Å². The van der Waals surface area contributed by atoms with Crippen molar-refractivity contribution in [3.8, 4) is 0 Å². The lowest BCUT2D eigenvalue weighted by Gasteiger charge is -2.43. The fourth-order valence-electron chi connectivity index (χ4n) is 14.1. The molecule has 9 N–H and O–H groups in total. The second kappa shape index (κ2) is 56.5. The number of benzene rings is 6. The Morgan fingerprint density at radius 3 is 0.617 bits per heavy atom. The maximum Gasteiger partial charge on any atom is 0.338 e. The molecular weight excluding hydrogens is 1910 g/mol. The van der Waals surface area contributed by atoms with Crippen molar-refractivity contribution in [2.45, 2.75) is 254 Å². The van der Waals surface area contributed by atoms with Crippen LogP contribution in [0.4, 0.5) is 87.7 Å². The highest BCUT2D eigenvalue weighted by atomic mass is 28.5. The highest BCUT2D eigenvalue weighted by molar-refractivity contribution is 6.90. The molecule has 0 bridgehead atoms. The molecule has 6 aromatic carbocycles. The topological polar surface area (TPSA) is 428 Å². The third kappa shape index (κ3) is 42.8.